The van der Waals surface area contributed by atoms with Gasteiger partial charge in [-0.1, -0.05) is 25.5 Å². The van der Waals surface area contributed by atoms with Crippen molar-refractivity contribution < 1.29 is 19.1 Å². The number of allylic oxidation sites excluding steroid dienone is 2. The standard InChI is InChI=1S/C17H26O4/c1-11-6-5-7-12(2)16(19)9-15(17(20)8-11)13(3)10-21-14(4)18/h6,12-13,15H,5,7-10H2,1-4H3. The maximum Gasteiger partial charge on any atom is 0.302 e. The van der Waals surface area contributed by atoms with E-state index in [0.29, 0.717) is 6.42 Å². The molecule has 0 heterocycles. The van der Waals surface area contributed by atoms with Crippen molar-refractivity contribution in [3.05, 3.63) is 11.6 Å². The van der Waals surface area contributed by atoms with Crippen LogP contribution < -0.4 is 0 Å². The van der Waals surface area contributed by atoms with Crippen molar-refractivity contribution in [2.45, 2.75) is 53.4 Å². The maximum atomic E-state index is 12.4. The van der Waals surface area contributed by atoms with Crippen LogP contribution in [0, 0.1) is 17.8 Å². The average Bonchev–Trinajstić information content (AvgIpc) is 2.40. The second-order valence-electron chi connectivity index (χ2n) is 6.23. The highest BCUT2D eigenvalue weighted by atomic mass is 16.5. The Morgan fingerprint density at radius 1 is 1.38 bits per heavy atom. The first-order valence-corrected chi connectivity index (χ1v) is 7.65. The Morgan fingerprint density at radius 2 is 2.05 bits per heavy atom. The molecule has 4 heteroatoms. The van der Waals surface area contributed by atoms with E-state index >= 15 is 0 Å². The lowest BCUT2D eigenvalue weighted by molar-refractivity contribution is -0.144. The number of carbonyl (C=O) groups excluding carboxylic acids is 3. The topological polar surface area (TPSA) is 60.4 Å². The van der Waals surface area contributed by atoms with Gasteiger partial charge in [-0.25, -0.2) is 0 Å². The summed E-state index contributed by atoms with van der Waals surface area (Å²) in [7, 11) is 0. The molecule has 4 nitrogen and oxygen atoms in total. The Balaban J connectivity index is 2.86. The number of hydrogen-bond acceptors (Lipinski definition) is 4. The van der Waals surface area contributed by atoms with Crippen LogP contribution in [-0.2, 0) is 19.1 Å². The van der Waals surface area contributed by atoms with Crippen LogP contribution in [0.15, 0.2) is 11.6 Å². The third kappa shape index (κ3) is 5.82. The van der Waals surface area contributed by atoms with E-state index in [2.05, 4.69) is 6.08 Å². The lowest BCUT2D eigenvalue weighted by atomic mass is 9.80. The quantitative estimate of drug-likeness (QED) is 0.593. The molecule has 1 aliphatic rings. The molecule has 0 saturated carbocycles. The summed E-state index contributed by atoms with van der Waals surface area (Å²) in [5, 5.41) is 0. The summed E-state index contributed by atoms with van der Waals surface area (Å²) < 4.78 is 5.01. The highest BCUT2D eigenvalue weighted by Crippen LogP contribution is 2.26. The third-order valence-electron chi connectivity index (χ3n) is 4.17. The normalized spacial score (nSPS) is 26.0. The average molecular weight is 294 g/mol. The zero-order chi connectivity index (χ0) is 16.0. The highest BCUT2D eigenvalue weighted by molar-refractivity contribution is 5.90. The van der Waals surface area contributed by atoms with Crippen LogP contribution >= 0.6 is 0 Å². The third-order valence-corrected chi connectivity index (χ3v) is 4.17. The van der Waals surface area contributed by atoms with Crippen LogP contribution in [0.1, 0.15) is 53.4 Å². The molecule has 0 amide bonds. The first-order valence-electron chi connectivity index (χ1n) is 7.65. The van der Waals surface area contributed by atoms with E-state index in [1.165, 1.54) is 6.92 Å². The summed E-state index contributed by atoms with van der Waals surface area (Å²) >= 11 is 0. The number of ether oxygens (including phenoxy) is 1. The van der Waals surface area contributed by atoms with Crippen LogP contribution in [0.2, 0.25) is 0 Å². The summed E-state index contributed by atoms with van der Waals surface area (Å²) in [6.45, 7) is 7.29. The zero-order valence-corrected chi connectivity index (χ0v) is 13.5. The van der Waals surface area contributed by atoms with Gasteiger partial charge in [-0.2, -0.15) is 0 Å². The molecule has 0 aliphatic heterocycles. The summed E-state index contributed by atoms with van der Waals surface area (Å²) in [5.74, 6) is -0.666. The van der Waals surface area contributed by atoms with Crippen molar-refractivity contribution in [1.29, 1.82) is 0 Å². The SMILES string of the molecule is CC(=O)OCC(C)C1CC(=O)C(C)CCC=C(C)CC1=O. The molecule has 0 aromatic carbocycles. The molecule has 0 N–H and O–H groups in total. The fraction of sp³-hybridized carbons (Fsp3) is 0.706. The Kier molecular flexibility index (Phi) is 6.79. The van der Waals surface area contributed by atoms with E-state index in [9.17, 15) is 14.4 Å². The number of ketones is 2. The van der Waals surface area contributed by atoms with Gasteiger partial charge in [0.25, 0.3) is 0 Å². The second-order valence-corrected chi connectivity index (χ2v) is 6.23. The zero-order valence-electron chi connectivity index (χ0n) is 13.5. The summed E-state index contributed by atoms with van der Waals surface area (Å²) in [5.41, 5.74) is 1.06. The van der Waals surface area contributed by atoms with Gasteiger partial charge in [0.1, 0.15) is 11.6 Å². The van der Waals surface area contributed by atoms with E-state index in [0.717, 1.165) is 18.4 Å². The largest absolute Gasteiger partial charge is 0.466 e. The predicted octanol–water partition coefficient (Wildman–Crippen LogP) is 3.10. The molecule has 3 atom stereocenters. The smallest absolute Gasteiger partial charge is 0.302 e. The molecule has 1 rings (SSSR count). The van der Waals surface area contributed by atoms with Crippen LogP contribution in [0.3, 0.4) is 0 Å². The fourth-order valence-electron chi connectivity index (χ4n) is 2.63. The number of hydrogen-bond donors (Lipinski definition) is 0. The molecular weight excluding hydrogens is 268 g/mol. The van der Waals surface area contributed by atoms with Gasteiger partial charge in [-0.15, -0.1) is 0 Å². The minimum atomic E-state index is -0.360. The molecule has 0 spiro atoms. The Bertz CT molecular complexity index is 436. The van der Waals surface area contributed by atoms with E-state index in [4.69, 9.17) is 4.74 Å². The number of carbonyl (C=O) groups is 3. The van der Waals surface area contributed by atoms with Crippen molar-refractivity contribution >= 4 is 17.5 Å². The molecule has 0 aromatic heterocycles. The van der Waals surface area contributed by atoms with Gasteiger partial charge in [0, 0.05) is 37.5 Å². The van der Waals surface area contributed by atoms with Gasteiger partial charge in [-0.05, 0) is 19.8 Å². The molecule has 0 saturated heterocycles. The van der Waals surface area contributed by atoms with Crippen LogP contribution in [0.5, 0.6) is 0 Å². The van der Waals surface area contributed by atoms with E-state index in [1.807, 2.05) is 20.8 Å². The molecule has 3 unspecified atom stereocenters. The fourth-order valence-corrected chi connectivity index (χ4v) is 2.63. The van der Waals surface area contributed by atoms with Crippen LogP contribution in [0.4, 0.5) is 0 Å². The second kappa shape index (κ2) is 8.11. The van der Waals surface area contributed by atoms with Gasteiger partial charge in [-0.3, -0.25) is 14.4 Å². The van der Waals surface area contributed by atoms with E-state index in [-0.39, 0.29) is 48.3 Å². The van der Waals surface area contributed by atoms with Gasteiger partial charge >= 0.3 is 5.97 Å². The molecule has 0 bridgehead atoms. The lowest BCUT2D eigenvalue weighted by Gasteiger charge is -2.24. The lowest BCUT2D eigenvalue weighted by Crippen LogP contribution is -2.30. The van der Waals surface area contributed by atoms with Gasteiger partial charge in [0.15, 0.2) is 0 Å². The van der Waals surface area contributed by atoms with Crippen molar-refractivity contribution in [2.75, 3.05) is 6.61 Å². The Morgan fingerprint density at radius 3 is 2.67 bits per heavy atom. The first kappa shape index (κ1) is 17.6. The minimum Gasteiger partial charge on any atom is -0.466 e. The minimum absolute atomic E-state index is 0.0247. The van der Waals surface area contributed by atoms with Crippen LogP contribution in [-0.4, -0.2) is 24.1 Å². The summed E-state index contributed by atoms with van der Waals surface area (Å²) in [6.07, 6.45) is 4.38. The van der Waals surface area contributed by atoms with Crippen molar-refractivity contribution in [3.63, 3.8) is 0 Å². The Hall–Kier alpha value is -1.45. The van der Waals surface area contributed by atoms with Crippen molar-refractivity contribution in [1.82, 2.24) is 0 Å². The molecule has 118 valence electrons. The van der Waals surface area contributed by atoms with Crippen LogP contribution in [0.25, 0.3) is 0 Å². The molecule has 0 fully saturated rings. The molecule has 0 radical (unpaired) electrons. The molecule has 21 heavy (non-hydrogen) atoms. The van der Waals surface area contributed by atoms with E-state index in [1.54, 1.807) is 0 Å². The van der Waals surface area contributed by atoms with Gasteiger partial charge in [0.05, 0.1) is 6.61 Å². The van der Waals surface area contributed by atoms with Gasteiger partial charge in [0.2, 0.25) is 0 Å². The summed E-state index contributed by atoms with van der Waals surface area (Å²) in [4.78, 5) is 35.6. The van der Waals surface area contributed by atoms with Crippen molar-refractivity contribution in [2.24, 2.45) is 17.8 Å². The Labute approximate surface area is 126 Å². The number of Topliss-reactive ketones (excluding diaryl/α,β-unsaturated/α-hetero) is 2. The molecular formula is C17H26O4. The first-order chi connectivity index (χ1) is 9.81. The maximum absolute atomic E-state index is 12.4. The number of rotatable bonds is 3. The molecule has 1 aliphatic carbocycles. The highest BCUT2D eigenvalue weighted by Gasteiger charge is 2.30. The number of esters is 1. The summed E-state index contributed by atoms with van der Waals surface area (Å²) in [6, 6.07) is 0. The van der Waals surface area contributed by atoms with Gasteiger partial charge < -0.3 is 4.74 Å². The van der Waals surface area contributed by atoms with Crippen molar-refractivity contribution in [3.8, 4) is 0 Å². The van der Waals surface area contributed by atoms with E-state index < -0.39 is 0 Å². The molecule has 0 aromatic rings. The predicted molar refractivity (Wildman–Crippen MR) is 80.7 cm³/mol. The monoisotopic (exact) mass is 294 g/mol.